The Morgan fingerprint density at radius 3 is 3.06 bits per heavy atom. The third-order valence-electron chi connectivity index (χ3n) is 2.15. The van der Waals surface area contributed by atoms with Gasteiger partial charge in [-0.2, -0.15) is 0 Å². The van der Waals surface area contributed by atoms with E-state index in [4.69, 9.17) is 4.42 Å². The Hall–Kier alpha value is -1.14. The van der Waals surface area contributed by atoms with E-state index in [1.807, 2.05) is 17.5 Å². The van der Waals surface area contributed by atoms with Gasteiger partial charge in [0.25, 0.3) is 0 Å². The first kappa shape index (κ1) is 12.3. The van der Waals surface area contributed by atoms with Gasteiger partial charge in [0.05, 0.1) is 19.2 Å². The lowest BCUT2D eigenvalue weighted by Crippen LogP contribution is -2.01. The number of aromatic nitrogens is 1. The van der Waals surface area contributed by atoms with Crippen LogP contribution < -0.4 is 0 Å². The van der Waals surface area contributed by atoms with Crippen LogP contribution in [-0.2, 0) is 16.0 Å². The van der Waals surface area contributed by atoms with Crippen molar-refractivity contribution in [3.8, 4) is 10.8 Å². The number of esters is 1. The van der Waals surface area contributed by atoms with Crippen LogP contribution in [0.15, 0.2) is 26.6 Å². The molecule has 0 aliphatic rings. The Labute approximate surface area is 111 Å². The molecule has 2 rings (SSSR count). The summed E-state index contributed by atoms with van der Waals surface area (Å²) in [6.45, 7) is 0. The highest BCUT2D eigenvalue weighted by Crippen LogP contribution is 2.28. The van der Waals surface area contributed by atoms with E-state index < -0.39 is 0 Å². The number of methoxy groups -OCH3 is 1. The highest BCUT2D eigenvalue weighted by molar-refractivity contribution is 9.10. The van der Waals surface area contributed by atoms with Crippen molar-refractivity contribution in [3.63, 3.8) is 0 Å². The molecule has 4 nitrogen and oxygen atoms in total. The SMILES string of the molecule is COC(=O)CCc1csc(-c2ccc(Br)o2)n1. The normalized spacial score (nSPS) is 10.5. The van der Waals surface area contributed by atoms with E-state index >= 15 is 0 Å². The number of hydrogen-bond donors (Lipinski definition) is 0. The van der Waals surface area contributed by atoms with Crippen molar-refractivity contribution >= 4 is 33.2 Å². The van der Waals surface area contributed by atoms with Crippen LogP contribution in [0.2, 0.25) is 0 Å². The molecular weight excluding hydrogens is 306 g/mol. The standard InChI is InChI=1S/C11H10BrNO3S/c1-15-10(14)5-2-7-6-17-11(13-7)8-3-4-9(12)16-8/h3-4,6H,2,5H2,1H3. The lowest BCUT2D eigenvalue weighted by molar-refractivity contribution is -0.140. The molecule has 17 heavy (non-hydrogen) atoms. The molecule has 2 aromatic heterocycles. The first-order chi connectivity index (χ1) is 8.19. The van der Waals surface area contributed by atoms with E-state index in [0.717, 1.165) is 16.5 Å². The number of halogens is 1. The third-order valence-corrected chi connectivity index (χ3v) is 3.48. The van der Waals surface area contributed by atoms with Gasteiger partial charge in [-0.05, 0) is 28.1 Å². The number of hydrogen-bond acceptors (Lipinski definition) is 5. The Kier molecular flexibility index (Phi) is 3.96. The number of rotatable bonds is 4. The predicted molar refractivity (Wildman–Crippen MR) is 67.9 cm³/mol. The molecular formula is C11H10BrNO3S. The molecule has 0 unspecified atom stereocenters. The van der Waals surface area contributed by atoms with Gasteiger partial charge in [-0.25, -0.2) is 4.98 Å². The molecule has 0 aromatic carbocycles. The minimum atomic E-state index is -0.222. The number of furan rings is 1. The molecule has 0 saturated carbocycles. The summed E-state index contributed by atoms with van der Waals surface area (Å²) in [5.41, 5.74) is 0.878. The molecule has 0 aliphatic heterocycles. The van der Waals surface area contributed by atoms with Crippen molar-refractivity contribution < 1.29 is 13.9 Å². The second-order valence-electron chi connectivity index (χ2n) is 3.32. The van der Waals surface area contributed by atoms with Crippen molar-refractivity contribution in [1.29, 1.82) is 0 Å². The molecule has 0 radical (unpaired) electrons. The monoisotopic (exact) mass is 315 g/mol. The summed E-state index contributed by atoms with van der Waals surface area (Å²) in [7, 11) is 1.38. The maximum absolute atomic E-state index is 11.0. The number of carbonyl (C=O) groups excluding carboxylic acids is 1. The topological polar surface area (TPSA) is 52.3 Å². The van der Waals surface area contributed by atoms with Gasteiger partial charge < -0.3 is 9.15 Å². The first-order valence-electron chi connectivity index (χ1n) is 4.96. The van der Waals surface area contributed by atoms with E-state index in [9.17, 15) is 4.79 Å². The van der Waals surface area contributed by atoms with E-state index in [-0.39, 0.29) is 5.97 Å². The Bertz CT molecular complexity index is 520. The van der Waals surface area contributed by atoms with Gasteiger partial charge in [0.1, 0.15) is 0 Å². The van der Waals surface area contributed by atoms with E-state index in [1.165, 1.54) is 18.4 Å². The highest BCUT2D eigenvalue weighted by Gasteiger charge is 2.10. The average molecular weight is 316 g/mol. The summed E-state index contributed by atoms with van der Waals surface area (Å²) in [6.07, 6.45) is 0.937. The Balaban J connectivity index is 2.03. The minimum Gasteiger partial charge on any atom is -0.469 e. The third kappa shape index (κ3) is 3.17. The zero-order valence-corrected chi connectivity index (χ0v) is 11.5. The summed E-state index contributed by atoms with van der Waals surface area (Å²) >= 11 is 4.74. The zero-order chi connectivity index (χ0) is 12.3. The number of ether oxygens (including phenoxy) is 1. The van der Waals surface area contributed by atoms with Crippen molar-refractivity contribution in [2.45, 2.75) is 12.8 Å². The molecule has 0 amide bonds. The van der Waals surface area contributed by atoms with Gasteiger partial charge in [-0.1, -0.05) is 0 Å². The van der Waals surface area contributed by atoms with E-state index in [0.29, 0.717) is 17.5 Å². The maximum Gasteiger partial charge on any atom is 0.305 e. The van der Waals surface area contributed by atoms with Gasteiger partial charge in [0, 0.05) is 11.8 Å². The maximum atomic E-state index is 11.0. The van der Waals surface area contributed by atoms with Gasteiger partial charge >= 0.3 is 5.97 Å². The van der Waals surface area contributed by atoms with Crippen LogP contribution in [0.1, 0.15) is 12.1 Å². The second kappa shape index (κ2) is 5.46. The Morgan fingerprint density at radius 2 is 2.41 bits per heavy atom. The molecule has 0 spiro atoms. The molecule has 0 bridgehead atoms. The van der Waals surface area contributed by atoms with Crippen LogP contribution in [0.5, 0.6) is 0 Å². The largest absolute Gasteiger partial charge is 0.469 e. The molecule has 0 saturated heterocycles. The summed E-state index contributed by atoms with van der Waals surface area (Å²) in [5.74, 6) is 0.506. The fourth-order valence-electron chi connectivity index (χ4n) is 1.30. The molecule has 2 aromatic rings. The molecule has 90 valence electrons. The number of thiazole rings is 1. The molecule has 0 aliphatic carbocycles. The number of aryl methyl sites for hydroxylation is 1. The van der Waals surface area contributed by atoms with Gasteiger partial charge in [-0.15, -0.1) is 11.3 Å². The van der Waals surface area contributed by atoms with Crippen LogP contribution in [0.25, 0.3) is 10.8 Å². The predicted octanol–water partition coefficient (Wildman–Crippen LogP) is 3.27. The van der Waals surface area contributed by atoms with Gasteiger partial charge in [-0.3, -0.25) is 4.79 Å². The average Bonchev–Trinajstić information content (AvgIpc) is 2.94. The molecule has 0 fully saturated rings. The molecule has 0 N–H and O–H groups in total. The smallest absolute Gasteiger partial charge is 0.305 e. The quantitative estimate of drug-likeness (QED) is 0.812. The highest BCUT2D eigenvalue weighted by atomic mass is 79.9. The molecule has 2 heterocycles. The van der Waals surface area contributed by atoms with Crippen molar-refractivity contribution in [2.75, 3.05) is 7.11 Å². The van der Waals surface area contributed by atoms with Crippen molar-refractivity contribution in [1.82, 2.24) is 4.98 Å². The fraction of sp³-hybridized carbons (Fsp3) is 0.273. The van der Waals surface area contributed by atoms with Crippen LogP contribution in [0.3, 0.4) is 0 Å². The second-order valence-corrected chi connectivity index (χ2v) is 4.96. The number of carbonyl (C=O) groups is 1. The van der Waals surface area contributed by atoms with E-state index in [1.54, 1.807) is 0 Å². The van der Waals surface area contributed by atoms with Gasteiger partial charge in [0.15, 0.2) is 15.4 Å². The summed E-state index contributed by atoms with van der Waals surface area (Å²) < 4.78 is 10.7. The van der Waals surface area contributed by atoms with Crippen molar-refractivity contribution in [2.24, 2.45) is 0 Å². The fourth-order valence-corrected chi connectivity index (χ4v) is 2.42. The van der Waals surface area contributed by atoms with Crippen LogP contribution in [-0.4, -0.2) is 18.1 Å². The summed E-state index contributed by atoms with van der Waals surface area (Å²) in [5, 5.41) is 2.74. The zero-order valence-electron chi connectivity index (χ0n) is 9.10. The van der Waals surface area contributed by atoms with Crippen molar-refractivity contribution in [3.05, 3.63) is 27.9 Å². The molecule has 0 atom stereocenters. The van der Waals surface area contributed by atoms with Crippen LogP contribution >= 0.6 is 27.3 Å². The lowest BCUT2D eigenvalue weighted by Gasteiger charge is -1.95. The summed E-state index contributed by atoms with van der Waals surface area (Å²) in [6, 6.07) is 3.68. The summed E-state index contributed by atoms with van der Waals surface area (Å²) in [4.78, 5) is 15.4. The number of nitrogens with zero attached hydrogens (tertiary/aromatic N) is 1. The lowest BCUT2D eigenvalue weighted by atomic mass is 10.2. The van der Waals surface area contributed by atoms with Gasteiger partial charge in [0.2, 0.25) is 0 Å². The van der Waals surface area contributed by atoms with E-state index in [2.05, 4.69) is 25.7 Å². The first-order valence-corrected chi connectivity index (χ1v) is 6.63. The van der Waals surface area contributed by atoms with Crippen LogP contribution in [0.4, 0.5) is 0 Å². The van der Waals surface area contributed by atoms with Crippen LogP contribution in [0, 0.1) is 0 Å². The molecule has 6 heteroatoms. The Morgan fingerprint density at radius 1 is 1.59 bits per heavy atom. The minimum absolute atomic E-state index is 0.222.